The molecule has 0 amide bonds. The first-order valence-corrected chi connectivity index (χ1v) is 6.69. The Labute approximate surface area is 120 Å². The molecule has 0 saturated carbocycles. The third kappa shape index (κ3) is 6.73. The fourth-order valence-corrected chi connectivity index (χ4v) is 2.05. The molecule has 19 heavy (non-hydrogen) atoms. The number of hydrogen-bond acceptors (Lipinski definition) is 3. The number of hydrogen-bond donors (Lipinski definition) is 1. The average Bonchev–Trinajstić information content (AvgIpc) is 2.30. The van der Waals surface area contributed by atoms with Crippen LogP contribution in [0.15, 0.2) is 36.4 Å². The summed E-state index contributed by atoms with van der Waals surface area (Å²) in [6.45, 7) is 7.87. The monoisotopic (exact) mass is 283 g/mol. The van der Waals surface area contributed by atoms with Crippen molar-refractivity contribution in [2.24, 2.45) is 0 Å². The van der Waals surface area contributed by atoms with Crippen molar-refractivity contribution >= 4 is 11.6 Å². The Morgan fingerprint density at radius 1 is 1.47 bits per heavy atom. The van der Waals surface area contributed by atoms with Gasteiger partial charge in [-0.05, 0) is 25.6 Å². The quantitative estimate of drug-likeness (QED) is 0.745. The van der Waals surface area contributed by atoms with Crippen LogP contribution >= 0.6 is 11.6 Å². The first-order valence-electron chi connectivity index (χ1n) is 6.31. The van der Waals surface area contributed by atoms with Gasteiger partial charge in [0.1, 0.15) is 0 Å². The van der Waals surface area contributed by atoms with Crippen LogP contribution in [-0.4, -0.2) is 42.9 Å². The maximum Gasteiger partial charge on any atom is 0.0900 e. The van der Waals surface area contributed by atoms with Crippen molar-refractivity contribution in [3.8, 4) is 0 Å². The van der Waals surface area contributed by atoms with Crippen LogP contribution in [0.3, 0.4) is 0 Å². The van der Waals surface area contributed by atoms with Crippen molar-refractivity contribution in [1.29, 1.82) is 0 Å². The Kier molecular flexibility index (Phi) is 7.10. The molecule has 0 radical (unpaired) electrons. The van der Waals surface area contributed by atoms with E-state index in [0.717, 1.165) is 17.7 Å². The summed E-state index contributed by atoms with van der Waals surface area (Å²) < 4.78 is 5.48. The van der Waals surface area contributed by atoms with E-state index in [4.69, 9.17) is 16.3 Å². The number of ether oxygens (including phenoxy) is 1. The van der Waals surface area contributed by atoms with E-state index in [9.17, 15) is 5.11 Å². The minimum absolute atomic E-state index is 0.297. The van der Waals surface area contributed by atoms with E-state index in [2.05, 4.69) is 6.58 Å². The van der Waals surface area contributed by atoms with Crippen molar-refractivity contribution in [3.05, 3.63) is 47.0 Å². The van der Waals surface area contributed by atoms with Crippen LogP contribution in [0.25, 0.3) is 0 Å². The molecule has 1 unspecified atom stereocenters. The van der Waals surface area contributed by atoms with E-state index in [1.807, 2.05) is 43.1 Å². The number of benzene rings is 1. The molecule has 4 heteroatoms. The van der Waals surface area contributed by atoms with Gasteiger partial charge in [-0.3, -0.25) is 4.90 Å². The molecule has 1 aromatic rings. The Balaban J connectivity index is 2.25. The highest BCUT2D eigenvalue weighted by Crippen LogP contribution is 2.15. The van der Waals surface area contributed by atoms with E-state index >= 15 is 0 Å². The minimum Gasteiger partial charge on any atom is -0.389 e. The van der Waals surface area contributed by atoms with Gasteiger partial charge < -0.3 is 9.84 Å². The number of aliphatic hydroxyl groups is 1. The van der Waals surface area contributed by atoms with Gasteiger partial charge in [0.25, 0.3) is 0 Å². The van der Waals surface area contributed by atoms with Crippen LogP contribution in [0.4, 0.5) is 0 Å². The SMILES string of the molecule is C=C(C)CN(C)CC(O)COCc1ccccc1Cl. The van der Waals surface area contributed by atoms with Crippen LogP contribution in [0, 0.1) is 0 Å². The molecule has 1 rings (SSSR count). The molecule has 0 aliphatic carbocycles. The fourth-order valence-electron chi connectivity index (χ4n) is 1.86. The van der Waals surface area contributed by atoms with Crippen LogP contribution in [-0.2, 0) is 11.3 Å². The molecular weight excluding hydrogens is 262 g/mol. The van der Waals surface area contributed by atoms with Gasteiger partial charge in [-0.2, -0.15) is 0 Å². The lowest BCUT2D eigenvalue weighted by molar-refractivity contribution is 0.0149. The lowest BCUT2D eigenvalue weighted by Crippen LogP contribution is -2.33. The van der Waals surface area contributed by atoms with Gasteiger partial charge >= 0.3 is 0 Å². The maximum atomic E-state index is 9.85. The number of likely N-dealkylation sites (N-methyl/N-ethyl adjacent to an activating group) is 1. The molecule has 1 atom stereocenters. The van der Waals surface area contributed by atoms with Gasteiger partial charge in [-0.25, -0.2) is 0 Å². The lowest BCUT2D eigenvalue weighted by Gasteiger charge is -2.20. The normalized spacial score (nSPS) is 12.7. The Morgan fingerprint density at radius 3 is 2.79 bits per heavy atom. The van der Waals surface area contributed by atoms with Gasteiger partial charge in [0.15, 0.2) is 0 Å². The highest BCUT2D eigenvalue weighted by atomic mass is 35.5. The predicted octanol–water partition coefficient (Wildman–Crippen LogP) is 2.73. The molecule has 1 N–H and O–H groups in total. The van der Waals surface area contributed by atoms with Gasteiger partial charge in [0.2, 0.25) is 0 Å². The summed E-state index contributed by atoms with van der Waals surface area (Å²) in [4.78, 5) is 2.02. The molecule has 0 aromatic heterocycles. The molecule has 0 aliphatic heterocycles. The average molecular weight is 284 g/mol. The zero-order valence-electron chi connectivity index (χ0n) is 11.6. The zero-order chi connectivity index (χ0) is 14.3. The number of rotatable bonds is 8. The smallest absolute Gasteiger partial charge is 0.0900 e. The predicted molar refractivity (Wildman–Crippen MR) is 79.4 cm³/mol. The molecule has 0 saturated heterocycles. The second-order valence-electron chi connectivity index (χ2n) is 4.91. The van der Waals surface area contributed by atoms with Gasteiger partial charge in [0.05, 0.1) is 19.3 Å². The molecule has 3 nitrogen and oxygen atoms in total. The highest BCUT2D eigenvalue weighted by molar-refractivity contribution is 6.31. The highest BCUT2D eigenvalue weighted by Gasteiger charge is 2.09. The second kappa shape index (κ2) is 8.33. The lowest BCUT2D eigenvalue weighted by atomic mass is 10.2. The summed E-state index contributed by atoms with van der Waals surface area (Å²) in [6.07, 6.45) is -0.508. The third-order valence-corrected chi connectivity index (χ3v) is 2.96. The molecule has 0 fully saturated rings. The summed E-state index contributed by atoms with van der Waals surface area (Å²) in [5.74, 6) is 0. The molecule has 0 heterocycles. The molecule has 106 valence electrons. The summed E-state index contributed by atoms with van der Waals surface area (Å²) in [6, 6.07) is 7.55. The maximum absolute atomic E-state index is 9.85. The van der Waals surface area contributed by atoms with Crippen molar-refractivity contribution < 1.29 is 9.84 Å². The van der Waals surface area contributed by atoms with Crippen molar-refractivity contribution in [3.63, 3.8) is 0 Å². The second-order valence-corrected chi connectivity index (χ2v) is 5.32. The number of nitrogens with zero attached hydrogens (tertiary/aromatic N) is 1. The van der Waals surface area contributed by atoms with Crippen molar-refractivity contribution in [2.75, 3.05) is 26.7 Å². The van der Waals surface area contributed by atoms with E-state index in [-0.39, 0.29) is 0 Å². The summed E-state index contributed by atoms with van der Waals surface area (Å²) in [5.41, 5.74) is 2.01. The van der Waals surface area contributed by atoms with Gasteiger partial charge in [-0.1, -0.05) is 42.0 Å². The summed E-state index contributed by atoms with van der Waals surface area (Å²) in [7, 11) is 1.95. The third-order valence-electron chi connectivity index (χ3n) is 2.59. The number of aliphatic hydroxyl groups excluding tert-OH is 1. The van der Waals surface area contributed by atoms with E-state index < -0.39 is 6.10 Å². The van der Waals surface area contributed by atoms with E-state index in [1.165, 1.54) is 0 Å². The fraction of sp³-hybridized carbons (Fsp3) is 0.467. The van der Waals surface area contributed by atoms with Crippen LogP contribution < -0.4 is 0 Å². The minimum atomic E-state index is -0.508. The largest absolute Gasteiger partial charge is 0.389 e. The van der Waals surface area contributed by atoms with Crippen molar-refractivity contribution in [2.45, 2.75) is 19.6 Å². The van der Waals surface area contributed by atoms with Crippen LogP contribution in [0.5, 0.6) is 0 Å². The Bertz CT molecular complexity index is 409. The zero-order valence-corrected chi connectivity index (χ0v) is 12.4. The summed E-state index contributed by atoms with van der Waals surface area (Å²) >= 11 is 6.02. The molecular formula is C15H22ClNO2. The van der Waals surface area contributed by atoms with E-state index in [1.54, 1.807) is 0 Å². The molecule has 0 bridgehead atoms. The molecule has 1 aromatic carbocycles. The summed E-state index contributed by atoms with van der Waals surface area (Å²) in [5, 5.41) is 10.5. The topological polar surface area (TPSA) is 32.7 Å². The van der Waals surface area contributed by atoms with Gasteiger partial charge in [-0.15, -0.1) is 0 Å². The van der Waals surface area contributed by atoms with Crippen LogP contribution in [0.1, 0.15) is 12.5 Å². The first kappa shape index (κ1) is 16.2. The molecule has 0 spiro atoms. The Hall–Kier alpha value is -0.870. The van der Waals surface area contributed by atoms with Crippen molar-refractivity contribution in [1.82, 2.24) is 4.90 Å². The van der Waals surface area contributed by atoms with Crippen LogP contribution in [0.2, 0.25) is 5.02 Å². The molecule has 0 aliphatic rings. The first-order chi connectivity index (χ1) is 8.99. The van der Waals surface area contributed by atoms with Gasteiger partial charge in [0, 0.05) is 18.1 Å². The number of halogens is 1. The standard InChI is InChI=1S/C15H22ClNO2/c1-12(2)8-17(3)9-14(18)11-19-10-13-6-4-5-7-15(13)16/h4-7,14,18H,1,8-11H2,2-3H3. The van der Waals surface area contributed by atoms with E-state index in [0.29, 0.717) is 24.8 Å². The Morgan fingerprint density at radius 2 is 2.16 bits per heavy atom.